The fraction of sp³-hybridized carbons (Fsp3) is 0.571. The molecular formula is C14H21NO. The molecule has 0 heterocycles. The molecule has 2 N–H and O–H groups in total. The first-order valence-corrected chi connectivity index (χ1v) is 6.18. The van der Waals surface area contributed by atoms with Crippen molar-refractivity contribution in [3.63, 3.8) is 0 Å². The van der Waals surface area contributed by atoms with Gasteiger partial charge in [-0.3, -0.25) is 0 Å². The van der Waals surface area contributed by atoms with Gasteiger partial charge in [0.15, 0.2) is 0 Å². The van der Waals surface area contributed by atoms with Crippen molar-refractivity contribution in [2.75, 3.05) is 6.54 Å². The molecule has 1 aliphatic carbocycles. The van der Waals surface area contributed by atoms with Crippen molar-refractivity contribution < 1.29 is 5.11 Å². The Bertz CT molecular complexity index is 364. The van der Waals surface area contributed by atoms with E-state index < -0.39 is 5.60 Å². The molecule has 1 aromatic rings. The van der Waals surface area contributed by atoms with Crippen LogP contribution in [0, 0.1) is 0 Å². The average molecular weight is 219 g/mol. The minimum Gasteiger partial charge on any atom is -0.388 e. The summed E-state index contributed by atoms with van der Waals surface area (Å²) >= 11 is 0. The summed E-state index contributed by atoms with van der Waals surface area (Å²) in [6, 6.07) is 8.61. The lowest BCUT2D eigenvalue weighted by molar-refractivity contribution is -0.00474. The third-order valence-corrected chi connectivity index (χ3v) is 3.76. The van der Waals surface area contributed by atoms with E-state index in [-0.39, 0.29) is 6.04 Å². The Kier molecular flexibility index (Phi) is 3.31. The van der Waals surface area contributed by atoms with Crippen LogP contribution in [-0.2, 0) is 12.8 Å². The summed E-state index contributed by atoms with van der Waals surface area (Å²) in [5.74, 6) is 0. The van der Waals surface area contributed by atoms with Gasteiger partial charge in [0.2, 0.25) is 0 Å². The van der Waals surface area contributed by atoms with Crippen LogP contribution in [0.25, 0.3) is 0 Å². The van der Waals surface area contributed by atoms with Crippen LogP contribution in [0.15, 0.2) is 24.3 Å². The summed E-state index contributed by atoms with van der Waals surface area (Å²) in [6.45, 7) is 5.07. The van der Waals surface area contributed by atoms with E-state index in [1.807, 2.05) is 0 Å². The Balaban J connectivity index is 2.17. The van der Waals surface area contributed by atoms with Crippen molar-refractivity contribution in [3.05, 3.63) is 35.4 Å². The predicted molar refractivity (Wildman–Crippen MR) is 66.6 cm³/mol. The van der Waals surface area contributed by atoms with Gasteiger partial charge in [0, 0.05) is 12.5 Å². The minimum atomic E-state index is -0.579. The molecule has 0 bridgehead atoms. The van der Waals surface area contributed by atoms with E-state index in [0.29, 0.717) is 0 Å². The van der Waals surface area contributed by atoms with Crippen molar-refractivity contribution in [1.82, 2.24) is 5.32 Å². The number of benzene rings is 1. The molecule has 1 aromatic carbocycles. The molecule has 0 aliphatic heterocycles. The molecule has 0 fully saturated rings. The molecule has 0 spiro atoms. The SMILES string of the molecule is CCNC(C)C1(O)CCc2ccccc2C1. The molecule has 2 rings (SSSR count). The summed E-state index contributed by atoms with van der Waals surface area (Å²) in [5, 5.41) is 14.0. The highest BCUT2D eigenvalue weighted by molar-refractivity contribution is 5.32. The molecule has 1 aliphatic rings. The first-order valence-electron chi connectivity index (χ1n) is 6.18. The maximum atomic E-state index is 10.7. The molecular weight excluding hydrogens is 198 g/mol. The van der Waals surface area contributed by atoms with Crippen molar-refractivity contribution in [1.29, 1.82) is 0 Å². The molecule has 0 saturated carbocycles. The zero-order valence-corrected chi connectivity index (χ0v) is 10.2. The van der Waals surface area contributed by atoms with Gasteiger partial charge in [0.1, 0.15) is 0 Å². The summed E-state index contributed by atoms with van der Waals surface area (Å²) in [7, 11) is 0. The van der Waals surface area contributed by atoms with Gasteiger partial charge in [-0.1, -0.05) is 31.2 Å². The second-order valence-electron chi connectivity index (χ2n) is 4.83. The number of hydrogen-bond donors (Lipinski definition) is 2. The third-order valence-electron chi connectivity index (χ3n) is 3.76. The van der Waals surface area contributed by atoms with Gasteiger partial charge in [-0.15, -0.1) is 0 Å². The van der Waals surface area contributed by atoms with Gasteiger partial charge < -0.3 is 10.4 Å². The molecule has 16 heavy (non-hydrogen) atoms. The number of rotatable bonds is 3. The third kappa shape index (κ3) is 2.13. The zero-order chi connectivity index (χ0) is 11.6. The lowest BCUT2D eigenvalue weighted by Crippen LogP contribution is -2.52. The molecule has 0 aromatic heterocycles. The van der Waals surface area contributed by atoms with Gasteiger partial charge in [0.25, 0.3) is 0 Å². The Morgan fingerprint density at radius 3 is 2.75 bits per heavy atom. The summed E-state index contributed by atoms with van der Waals surface area (Å²) < 4.78 is 0. The van der Waals surface area contributed by atoms with E-state index in [9.17, 15) is 5.11 Å². The quantitative estimate of drug-likeness (QED) is 0.814. The van der Waals surface area contributed by atoms with Gasteiger partial charge in [0.05, 0.1) is 5.60 Å². The van der Waals surface area contributed by atoms with Crippen LogP contribution >= 0.6 is 0 Å². The second kappa shape index (κ2) is 4.56. The molecule has 2 heteroatoms. The minimum absolute atomic E-state index is 0.158. The number of aryl methyl sites for hydroxylation is 1. The molecule has 0 amide bonds. The van der Waals surface area contributed by atoms with Crippen LogP contribution in [0.3, 0.4) is 0 Å². The highest BCUT2D eigenvalue weighted by Crippen LogP contribution is 2.30. The monoisotopic (exact) mass is 219 g/mol. The van der Waals surface area contributed by atoms with Crippen LogP contribution in [-0.4, -0.2) is 23.3 Å². The van der Waals surface area contributed by atoms with E-state index in [2.05, 4.69) is 43.4 Å². The van der Waals surface area contributed by atoms with Gasteiger partial charge >= 0.3 is 0 Å². The molecule has 88 valence electrons. The van der Waals surface area contributed by atoms with Crippen molar-refractivity contribution in [2.45, 2.75) is 44.8 Å². The molecule has 0 saturated heterocycles. The average Bonchev–Trinajstić information content (AvgIpc) is 2.29. The van der Waals surface area contributed by atoms with Gasteiger partial charge in [-0.05, 0) is 37.4 Å². The smallest absolute Gasteiger partial charge is 0.0840 e. The fourth-order valence-corrected chi connectivity index (χ4v) is 2.61. The molecule has 2 nitrogen and oxygen atoms in total. The Labute approximate surface area is 97.7 Å². The number of aliphatic hydroxyl groups is 1. The lowest BCUT2D eigenvalue weighted by Gasteiger charge is -2.38. The van der Waals surface area contributed by atoms with Crippen LogP contribution < -0.4 is 5.32 Å². The summed E-state index contributed by atoms with van der Waals surface area (Å²) in [5.41, 5.74) is 2.13. The van der Waals surface area contributed by atoms with E-state index in [1.54, 1.807) is 0 Å². The highest BCUT2D eigenvalue weighted by Gasteiger charge is 2.36. The zero-order valence-electron chi connectivity index (χ0n) is 10.2. The van der Waals surface area contributed by atoms with Gasteiger partial charge in [-0.2, -0.15) is 0 Å². The number of fused-ring (bicyclic) bond motifs is 1. The number of hydrogen-bond acceptors (Lipinski definition) is 2. The van der Waals surface area contributed by atoms with Crippen molar-refractivity contribution in [3.8, 4) is 0 Å². The molecule has 0 radical (unpaired) electrons. The maximum Gasteiger partial charge on any atom is 0.0840 e. The van der Waals surface area contributed by atoms with Crippen molar-refractivity contribution in [2.24, 2.45) is 0 Å². The molecule has 2 unspecified atom stereocenters. The van der Waals surface area contributed by atoms with Crippen LogP contribution in [0.4, 0.5) is 0 Å². The normalized spacial score (nSPS) is 26.2. The van der Waals surface area contributed by atoms with Crippen LogP contribution in [0.1, 0.15) is 31.4 Å². The summed E-state index contributed by atoms with van der Waals surface area (Å²) in [6.07, 6.45) is 2.62. The summed E-state index contributed by atoms with van der Waals surface area (Å²) in [4.78, 5) is 0. The number of nitrogens with one attached hydrogen (secondary N) is 1. The van der Waals surface area contributed by atoms with Crippen molar-refractivity contribution >= 4 is 0 Å². The second-order valence-corrected chi connectivity index (χ2v) is 4.83. The Morgan fingerprint density at radius 2 is 2.06 bits per heavy atom. The van der Waals surface area contributed by atoms with E-state index in [0.717, 1.165) is 25.8 Å². The topological polar surface area (TPSA) is 32.3 Å². The maximum absolute atomic E-state index is 10.7. The highest BCUT2D eigenvalue weighted by atomic mass is 16.3. The van der Waals surface area contributed by atoms with E-state index >= 15 is 0 Å². The predicted octanol–water partition coefficient (Wildman–Crippen LogP) is 1.90. The first-order chi connectivity index (χ1) is 7.65. The van der Waals surface area contributed by atoms with Gasteiger partial charge in [-0.25, -0.2) is 0 Å². The van der Waals surface area contributed by atoms with Crippen LogP contribution in [0.5, 0.6) is 0 Å². The first kappa shape index (κ1) is 11.6. The van der Waals surface area contributed by atoms with Crippen LogP contribution in [0.2, 0.25) is 0 Å². The molecule has 2 atom stereocenters. The van der Waals surface area contributed by atoms with E-state index in [4.69, 9.17) is 0 Å². The van der Waals surface area contributed by atoms with E-state index in [1.165, 1.54) is 11.1 Å². The largest absolute Gasteiger partial charge is 0.388 e. The fourth-order valence-electron chi connectivity index (χ4n) is 2.61. The Hall–Kier alpha value is -0.860. The standard InChI is InChI=1S/C14H21NO/c1-3-15-11(2)14(16)9-8-12-6-4-5-7-13(12)10-14/h4-7,11,15-16H,3,8-10H2,1-2H3. The number of likely N-dealkylation sites (N-methyl/N-ethyl adjacent to an activating group) is 1. The Morgan fingerprint density at radius 1 is 1.38 bits per heavy atom. The lowest BCUT2D eigenvalue weighted by atomic mass is 9.77.